The maximum Gasteiger partial charge on any atom is 0.270 e. The van der Waals surface area contributed by atoms with Crippen molar-refractivity contribution >= 4 is 17.2 Å². The smallest absolute Gasteiger partial charge is 0.270 e. The van der Waals surface area contributed by atoms with Gasteiger partial charge in [0.15, 0.2) is 11.6 Å². The lowest BCUT2D eigenvalue weighted by Gasteiger charge is -2.11. The summed E-state index contributed by atoms with van der Waals surface area (Å²) in [6, 6.07) is 3.51. The van der Waals surface area contributed by atoms with Gasteiger partial charge in [0.05, 0.1) is 6.61 Å². The van der Waals surface area contributed by atoms with E-state index in [0.29, 0.717) is 17.1 Å². The number of halogens is 2. The second-order valence-corrected chi connectivity index (χ2v) is 6.37. The van der Waals surface area contributed by atoms with Crippen LogP contribution in [0.1, 0.15) is 23.3 Å². The monoisotopic (exact) mass is 324 g/mol. The summed E-state index contributed by atoms with van der Waals surface area (Å²) in [6.07, 6.45) is 1.81. The maximum absolute atomic E-state index is 13.2. The summed E-state index contributed by atoms with van der Waals surface area (Å²) in [7, 11) is 0. The van der Waals surface area contributed by atoms with Gasteiger partial charge >= 0.3 is 0 Å². The molecule has 1 aromatic heterocycles. The Morgan fingerprint density at radius 1 is 1.36 bits per heavy atom. The molecule has 0 aliphatic heterocycles. The molecule has 0 unspecified atom stereocenters. The fourth-order valence-corrected chi connectivity index (χ4v) is 2.86. The van der Waals surface area contributed by atoms with Crippen LogP contribution in [0.4, 0.5) is 8.78 Å². The summed E-state index contributed by atoms with van der Waals surface area (Å²) in [5.41, 5.74) is 0.490. The quantitative estimate of drug-likeness (QED) is 0.889. The van der Waals surface area contributed by atoms with Gasteiger partial charge in [-0.3, -0.25) is 4.79 Å². The number of aromatic nitrogens is 1. The third-order valence-corrected chi connectivity index (χ3v) is 4.71. The summed E-state index contributed by atoms with van der Waals surface area (Å²) >= 11 is 1.19. The standard InChI is InChI=1S/C15H14F2N2O2S/c16-10-2-1-9(5-11(10)17)14-19-12(6-22-14)13(21)18-7-15(8-20)3-4-15/h1-2,5-6,20H,3-4,7-8H2,(H,18,21). The molecule has 1 saturated carbocycles. The largest absolute Gasteiger partial charge is 0.396 e. The van der Waals surface area contributed by atoms with Crippen LogP contribution in [0.25, 0.3) is 10.6 Å². The Balaban J connectivity index is 1.70. The highest BCUT2D eigenvalue weighted by atomic mass is 32.1. The third kappa shape index (κ3) is 3.00. The first kappa shape index (κ1) is 15.1. The average molecular weight is 324 g/mol. The number of hydrogen-bond acceptors (Lipinski definition) is 4. The van der Waals surface area contributed by atoms with Crippen molar-refractivity contribution in [3.63, 3.8) is 0 Å². The number of rotatable bonds is 5. The Kier molecular flexibility index (Phi) is 3.92. The van der Waals surface area contributed by atoms with E-state index in [1.807, 2.05) is 0 Å². The first-order valence-electron chi connectivity index (χ1n) is 6.83. The van der Waals surface area contributed by atoms with Crippen LogP contribution in [-0.2, 0) is 0 Å². The fraction of sp³-hybridized carbons (Fsp3) is 0.333. The van der Waals surface area contributed by atoms with Crippen LogP contribution in [0.3, 0.4) is 0 Å². The van der Waals surface area contributed by atoms with Gasteiger partial charge in [-0.25, -0.2) is 13.8 Å². The molecule has 1 aliphatic carbocycles. The Bertz CT molecular complexity index is 713. The molecule has 4 nitrogen and oxygen atoms in total. The fourth-order valence-electron chi connectivity index (χ4n) is 2.07. The highest BCUT2D eigenvalue weighted by Crippen LogP contribution is 2.44. The molecule has 1 heterocycles. The normalized spacial score (nSPS) is 15.6. The van der Waals surface area contributed by atoms with Crippen LogP contribution in [0.5, 0.6) is 0 Å². The van der Waals surface area contributed by atoms with Crippen molar-refractivity contribution in [3.05, 3.63) is 40.9 Å². The molecule has 7 heteroatoms. The molecular weight excluding hydrogens is 310 g/mol. The highest BCUT2D eigenvalue weighted by molar-refractivity contribution is 7.13. The molecule has 1 amide bonds. The minimum atomic E-state index is -0.947. The molecule has 1 aromatic carbocycles. The number of carbonyl (C=O) groups excluding carboxylic acids is 1. The molecule has 1 aliphatic rings. The predicted molar refractivity (Wildman–Crippen MR) is 78.6 cm³/mol. The van der Waals surface area contributed by atoms with Gasteiger partial charge in [-0.05, 0) is 31.0 Å². The van der Waals surface area contributed by atoms with Crippen molar-refractivity contribution in [1.82, 2.24) is 10.3 Å². The number of aliphatic hydroxyl groups excluding tert-OH is 1. The topological polar surface area (TPSA) is 62.2 Å². The number of hydrogen-bond donors (Lipinski definition) is 2. The van der Waals surface area contributed by atoms with E-state index < -0.39 is 11.6 Å². The van der Waals surface area contributed by atoms with Gasteiger partial charge < -0.3 is 10.4 Å². The van der Waals surface area contributed by atoms with E-state index in [4.69, 9.17) is 0 Å². The maximum atomic E-state index is 13.2. The van der Waals surface area contributed by atoms with Gasteiger partial charge in [0.25, 0.3) is 5.91 Å². The van der Waals surface area contributed by atoms with E-state index in [-0.39, 0.29) is 23.6 Å². The van der Waals surface area contributed by atoms with Crippen LogP contribution < -0.4 is 5.32 Å². The predicted octanol–water partition coefficient (Wildman–Crippen LogP) is 2.59. The van der Waals surface area contributed by atoms with Crippen molar-refractivity contribution in [2.75, 3.05) is 13.2 Å². The summed E-state index contributed by atoms with van der Waals surface area (Å²) in [5.74, 6) is -2.20. The zero-order valence-electron chi connectivity index (χ0n) is 11.6. The number of amides is 1. The molecule has 0 radical (unpaired) electrons. The lowest BCUT2D eigenvalue weighted by Crippen LogP contribution is -2.32. The molecule has 116 valence electrons. The van der Waals surface area contributed by atoms with Crippen LogP contribution in [-0.4, -0.2) is 29.1 Å². The number of nitrogens with one attached hydrogen (secondary N) is 1. The van der Waals surface area contributed by atoms with E-state index in [1.165, 1.54) is 17.4 Å². The number of aliphatic hydroxyl groups is 1. The first-order chi connectivity index (χ1) is 10.5. The Morgan fingerprint density at radius 3 is 2.77 bits per heavy atom. The van der Waals surface area contributed by atoms with Crippen molar-refractivity contribution < 1.29 is 18.7 Å². The Morgan fingerprint density at radius 2 is 2.14 bits per heavy atom. The highest BCUT2D eigenvalue weighted by Gasteiger charge is 2.42. The van der Waals surface area contributed by atoms with E-state index >= 15 is 0 Å². The van der Waals surface area contributed by atoms with E-state index in [1.54, 1.807) is 5.38 Å². The zero-order chi connectivity index (χ0) is 15.7. The molecule has 0 atom stereocenters. The Labute approximate surface area is 129 Å². The summed E-state index contributed by atoms with van der Waals surface area (Å²) < 4.78 is 26.1. The van der Waals surface area contributed by atoms with Crippen molar-refractivity contribution in [2.45, 2.75) is 12.8 Å². The number of carbonyl (C=O) groups is 1. The summed E-state index contributed by atoms with van der Waals surface area (Å²) in [4.78, 5) is 16.2. The van der Waals surface area contributed by atoms with Crippen molar-refractivity contribution in [3.8, 4) is 10.6 Å². The minimum Gasteiger partial charge on any atom is -0.396 e. The SMILES string of the molecule is O=C(NCC1(CO)CC1)c1csc(-c2ccc(F)c(F)c2)n1. The van der Waals surface area contributed by atoms with Crippen molar-refractivity contribution in [2.24, 2.45) is 5.41 Å². The summed E-state index contributed by atoms with van der Waals surface area (Å²) in [6.45, 7) is 0.477. The number of benzene rings is 1. The Hall–Kier alpha value is -1.86. The molecule has 2 aromatic rings. The van der Waals surface area contributed by atoms with Crippen LogP contribution in [0.15, 0.2) is 23.6 Å². The van der Waals surface area contributed by atoms with Gasteiger partial charge in [-0.1, -0.05) is 0 Å². The van der Waals surface area contributed by atoms with Gasteiger partial charge in [-0.2, -0.15) is 0 Å². The van der Waals surface area contributed by atoms with Crippen LogP contribution >= 0.6 is 11.3 Å². The molecule has 22 heavy (non-hydrogen) atoms. The molecule has 2 N–H and O–H groups in total. The lowest BCUT2D eigenvalue weighted by molar-refractivity contribution is 0.0931. The van der Waals surface area contributed by atoms with E-state index in [0.717, 1.165) is 25.0 Å². The lowest BCUT2D eigenvalue weighted by atomic mass is 10.1. The molecule has 1 fully saturated rings. The molecular formula is C15H14F2N2O2S. The van der Waals surface area contributed by atoms with Gasteiger partial charge in [0.2, 0.25) is 0 Å². The minimum absolute atomic E-state index is 0.0600. The zero-order valence-corrected chi connectivity index (χ0v) is 12.4. The van der Waals surface area contributed by atoms with Gasteiger partial charge in [0.1, 0.15) is 10.7 Å². The van der Waals surface area contributed by atoms with E-state index in [9.17, 15) is 18.7 Å². The molecule has 3 rings (SSSR count). The van der Waals surface area contributed by atoms with E-state index in [2.05, 4.69) is 10.3 Å². The summed E-state index contributed by atoms with van der Waals surface area (Å²) in [5, 5.41) is 14.0. The van der Waals surface area contributed by atoms with Gasteiger partial charge in [0, 0.05) is 22.9 Å². The molecule has 0 bridgehead atoms. The molecule has 0 saturated heterocycles. The van der Waals surface area contributed by atoms with Crippen LogP contribution in [0, 0.1) is 17.0 Å². The number of nitrogens with zero attached hydrogens (tertiary/aromatic N) is 1. The van der Waals surface area contributed by atoms with Crippen LogP contribution in [0.2, 0.25) is 0 Å². The first-order valence-corrected chi connectivity index (χ1v) is 7.71. The number of thiazole rings is 1. The van der Waals surface area contributed by atoms with Gasteiger partial charge in [-0.15, -0.1) is 11.3 Å². The average Bonchev–Trinajstić information content (AvgIpc) is 3.14. The molecule has 0 spiro atoms. The second kappa shape index (κ2) is 5.73. The second-order valence-electron chi connectivity index (χ2n) is 5.51. The van der Waals surface area contributed by atoms with Crippen molar-refractivity contribution in [1.29, 1.82) is 0 Å². The third-order valence-electron chi connectivity index (χ3n) is 3.82.